The molecule has 2 fully saturated rings. The number of carbonyl (C=O) groups is 2. The third-order valence-electron chi connectivity index (χ3n) is 5.87. The molecule has 0 atom stereocenters. The molecule has 2 aliphatic rings. The van der Waals surface area contributed by atoms with E-state index in [9.17, 15) is 18.0 Å². The summed E-state index contributed by atoms with van der Waals surface area (Å²) in [6, 6.07) is 6.02. The molecule has 8 nitrogen and oxygen atoms in total. The van der Waals surface area contributed by atoms with Crippen LogP contribution in [-0.2, 0) is 10.0 Å². The zero-order valence-corrected chi connectivity index (χ0v) is 19.2. The van der Waals surface area contributed by atoms with Crippen LogP contribution in [-0.4, -0.2) is 56.5 Å². The zero-order chi connectivity index (χ0) is 22.4. The molecule has 1 aliphatic heterocycles. The van der Waals surface area contributed by atoms with Crippen molar-refractivity contribution in [3.8, 4) is 0 Å². The Balaban J connectivity index is 1.47. The first-order valence-corrected chi connectivity index (χ1v) is 12.7. The summed E-state index contributed by atoms with van der Waals surface area (Å²) < 4.78 is 26.9. The molecule has 9 heteroatoms. The van der Waals surface area contributed by atoms with Gasteiger partial charge in [-0.25, -0.2) is 17.9 Å². The average Bonchev–Trinajstić information content (AvgIpc) is 2.74. The van der Waals surface area contributed by atoms with Crippen molar-refractivity contribution < 1.29 is 18.0 Å². The van der Waals surface area contributed by atoms with E-state index in [0.29, 0.717) is 37.5 Å². The van der Waals surface area contributed by atoms with Gasteiger partial charge in [0.1, 0.15) is 0 Å². The number of rotatable bonds is 6. The first-order chi connectivity index (χ1) is 14.7. The van der Waals surface area contributed by atoms with Crippen molar-refractivity contribution in [2.24, 2.45) is 0 Å². The molecule has 3 rings (SSSR count). The smallest absolute Gasteiger partial charge is 0.317 e. The second-order valence-electron chi connectivity index (χ2n) is 8.82. The van der Waals surface area contributed by atoms with E-state index in [0.717, 1.165) is 12.8 Å². The minimum atomic E-state index is -3.58. The highest BCUT2D eigenvalue weighted by molar-refractivity contribution is 7.89. The monoisotopic (exact) mass is 450 g/mol. The van der Waals surface area contributed by atoms with Crippen molar-refractivity contribution >= 4 is 22.0 Å². The van der Waals surface area contributed by atoms with Gasteiger partial charge in [0.25, 0.3) is 5.91 Å². The maximum absolute atomic E-state index is 12.6. The molecule has 0 spiro atoms. The van der Waals surface area contributed by atoms with Gasteiger partial charge in [-0.15, -0.1) is 0 Å². The van der Waals surface area contributed by atoms with Crippen LogP contribution >= 0.6 is 0 Å². The maximum Gasteiger partial charge on any atom is 0.317 e. The van der Waals surface area contributed by atoms with Crippen LogP contribution in [0.25, 0.3) is 0 Å². The Hall–Kier alpha value is -2.13. The maximum atomic E-state index is 12.6. The fraction of sp³-hybridized carbons (Fsp3) is 0.636. The van der Waals surface area contributed by atoms with Crippen LogP contribution in [0.15, 0.2) is 29.2 Å². The number of hydrogen-bond donors (Lipinski definition) is 3. The molecule has 1 aromatic carbocycles. The Kier molecular flexibility index (Phi) is 7.94. The minimum Gasteiger partial charge on any atom is -0.349 e. The van der Waals surface area contributed by atoms with Crippen molar-refractivity contribution in [1.29, 1.82) is 0 Å². The van der Waals surface area contributed by atoms with Crippen molar-refractivity contribution in [3.05, 3.63) is 29.8 Å². The van der Waals surface area contributed by atoms with Gasteiger partial charge in [-0.2, -0.15) is 0 Å². The molecule has 0 unspecified atom stereocenters. The number of nitrogens with one attached hydrogen (secondary N) is 3. The van der Waals surface area contributed by atoms with E-state index < -0.39 is 10.0 Å². The normalized spacial score (nSPS) is 18.7. The lowest BCUT2D eigenvalue weighted by molar-refractivity contribution is 0.0917. The second-order valence-corrected chi connectivity index (χ2v) is 10.5. The number of likely N-dealkylation sites (tertiary alicyclic amines) is 1. The third kappa shape index (κ3) is 6.67. The van der Waals surface area contributed by atoms with Gasteiger partial charge in [0.2, 0.25) is 10.0 Å². The van der Waals surface area contributed by atoms with Crippen LogP contribution in [0.2, 0.25) is 0 Å². The Morgan fingerprint density at radius 3 is 2.06 bits per heavy atom. The lowest BCUT2D eigenvalue weighted by atomic mass is 9.95. The molecule has 172 valence electrons. The van der Waals surface area contributed by atoms with Gasteiger partial charge in [0.15, 0.2) is 0 Å². The van der Waals surface area contributed by atoms with Gasteiger partial charge in [-0.05, 0) is 63.8 Å². The lowest BCUT2D eigenvalue weighted by Crippen LogP contribution is -2.51. The predicted molar refractivity (Wildman–Crippen MR) is 119 cm³/mol. The lowest BCUT2D eigenvalue weighted by Gasteiger charge is -2.34. The Morgan fingerprint density at radius 2 is 1.48 bits per heavy atom. The van der Waals surface area contributed by atoms with Gasteiger partial charge in [0, 0.05) is 36.8 Å². The SMILES string of the molecule is CC(C)NS(=O)(=O)c1ccc(C(=O)NC2CCN(C(=O)NC3CCCCC3)CC2)cc1. The standard InChI is InChI=1S/C22H34N4O4S/c1-16(2)25-31(29,30)20-10-8-17(9-11-20)21(27)23-19-12-14-26(15-13-19)22(28)24-18-6-4-3-5-7-18/h8-11,16,18-19,25H,3-7,12-15H2,1-2H3,(H,23,27)(H,24,28). The molecule has 1 saturated carbocycles. The van der Waals surface area contributed by atoms with Crippen molar-refractivity contribution in [3.63, 3.8) is 0 Å². The number of amides is 3. The molecular weight excluding hydrogens is 416 g/mol. The number of benzene rings is 1. The van der Waals surface area contributed by atoms with E-state index >= 15 is 0 Å². The average molecular weight is 451 g/mol. The largest absolute Gasteiger partial charge is 0.349 e. The molecule has 1 saturated heterocycles. The molecular formula is C22H34N4O4S. The summed E-state index contributed by atoms with van der Waals surface area (Å²) >= 11 is 0. The number of hydrogen-bond acceptors (Lipinski definition) is 4. The zero-order valence-electron chi connectivity index (χ0n) is 18.4. The van der Waals surface area contributed by atoms with Gasteiger partial charge < -0.3 is 15.5 Å². The quantitative estimate of drug-likeness (QED) is 0.619. The van der Waals surface area contributed by atoms with Crippen LogP contribution < -0.4 is 15.4 Å². The first-order valence-electron chi connectivity index (χ1n) is 11.2. The molecule has 1 heterocycles. The Labute approximate surface area is 185 Å². The summed E-state index contributed by atoms with van der Waals surface area (Å²) in [4.78, 5) is 27.0. The molecule has 0 radical (unpaired) electrons. The molecule has 3 amide bonds. The fourth-order valence-corrected chi connectivity index (χ4v) is 5.42. The van der Waals surface area contributed by atoms with Gasteiger partial charge in [-0.3, -0.25) is 4.79 Å². The highest BCUT2D eigenvalue weighted by atomic mass is 32.2. The fourth-order valence-electron chi connectivity index (χ4n) is 4.17. The predicted octanol–water partition coefficient (Wildman–Crippen LogP) is 2.61. The van der Waals surface area contributed by atoms with Crippen LogP contribution in [0.4, 0.5) is 4.79 Å². The second kappa shape index (κ2) is 10.5. The van der Waals surface area contributed by atoms with Crippen LogP contribution in [0.1, 0.15) is 69.2 Å². The van der Waals surface area contributed by atoms with Gasteiger partial charge in [-0.1, -0.05) is 19.3 Å². The van der Waals surface area contributed by atoms with E-state index in [1.807, 2.05) is 4.90 Å². The molecule has 3 N–H and O–H groups in total. The highest BCUT2D eigenvalue weighted by Gasteiger charge is 2.26. The van der Waals surface area contributed by atoms with Crippen LogP contribution in [0, 0.1) is 0 Å². The topological polar surface area (TPSA) is 108 Å². The van der Waals surface area contributed by atoms with E-state index in [4.69, 9.17) is 0 Å². The summed E-state index contributed by atoms with van der Waals surface area (Å²) in [6.07, 6.45) is 7.15. The van der Waals surface area contributed by atoms with Gasteiger partial charge in [0.05, 0.1) is 4.90 Å². The summed E-state index contributed by atoms with van der Waals surface area (Å²) in [5.41, 5.74) is 0.418. The van der Waals surface area contributed by atoms with Crippen LogP contribution in [0.5, 0.6) is 0 Å². The molecule has 1 aliphatic carbocycles. The number of sulfonamides is 1. The van der Waals surface area contributed by atoms with Crippen molar-refractivity contribution in [2.45, 2.75) is 81.8 Å². The van der Waals surface area contributed by atoms with E-state index in [-0.39, 0.29) is 28.9 Å². The van der Waals surface area contributed by atoms with Crippen LogP contribution in [0.3, 0.4) is 0 Å². The summed E-state index contributed by atoms with van der Waals surface area (Å²) in [5, 5.41) is 6.15. The van der Waals surface area contributed by atoms with E-state index in [1.165, 1.54) is 43.5 Å². The third-order valence-corrected chi connectivity index (χ3v) is 7.54. The molecule has 0 bridgehead atoms. The van der Waals surface area contributed by atoms with E-state index in [1.54, 1.807) is 13.8 Å². The molecule has 31 heavy (non-hydrogen) atoms. The highest BCUT2D eigenvalue weighted by Crippen LogP contribution is 2.19. The molecule has 1 aromatic rings. The van der Waals surface area contributed by atoms with Crippen molar-refractivity contribution in [2.75, 3.05) is 13.1 Å². The number of urea groups is 1. The van der Waals surface area contributed by atoms with E-state index in [2.05, 4.69) is 15.4 Å². The Bertz CT molecular complexity index is 856. The minimum absolute atomic E-state index is 0.00255. The Morgan fingerprint density at radius 1 is 0.903 bits per heavy atom. The number of nitrogens with zero attached hydrogens (tertiary/aromatic N) is 1. The van der Waals surface area contributed by atoms with Gasteiger partial charge >= 0.3 is 6.03 Å². The summed E-state index contributed by atoms with van der Waals surface area (Å²) in [5.74, 6) is -0.231. The first kappa shape index (κ1) is 23.5. The number of carbonyl (C=O) groups excluding carboxylic acids is 2. The van der Waals surface area contributed by atoms with Crippen molar-refractivity contribution in [1.82, 2.24) is 20.3 Å². The summed E-state index contributed by atoms with van der Waals surface area (Å²) in [6.45, 7) is 4.73. The number of piperidine rings is 1. The molecule has 0 aromatic heterocycles. The summed E-state index contributed by atoms with van der Waals surface area (Å²) in [7, 11) is -3.58.